The highest BCUT2D eigenvalue weighted by Gasteiger charge is 2.42. The molecule has 0 bridgehead atoms. The van der Waals surface area contributed by atoms with Crippen LogP contribution in [0.5, 0.6) is 5.75 Å². The predicted molar refractivity (Wildman–Crippen MR) is 91.3 cm³/mol. The average molecular weight is 355 g/mol. The summed E-state index contributed by atoms with van der Waals surface area (Å²) in [5.74, 6) is 0.299. The Morgan fingerprint density at radius 3 is 2.88 bits per heavy atom. The Balaban J connectivity index is 1.63. The van der Waals surface area contributed by atoms with Crippen LogP contribution in [0.1, 0.15) is 28.6 Å². The fourth-order valence-corrected chi connectivity index (χ4v) is 4.04. The second-order valence-corrected chi connectivity index (χ2v) is 7.25. The Morgan fingerprint density at radius 2 is 2.20 bits per heavy atom. The molecule has 3 aromatic rings. The summed E-state index contributed by atoms with van der Waals surface area (Å²) < 4.78 is 20.1. The van der Waals surface area contributed by atoms with Gasteiger partial charge >= 0.3 is 0 Å². The molecule has 0 amide bonds. The molecule has 0 saturated heterocycles. The molecule has 0 unspecified atom stereocenters. The van der Waals surface area contributed by atoms with Crippen LogP contribution < -0.4 is 10.3 Å². The molecule has 5 nitrogen and oxygen atoms in total. The van der Waals surface area contributed by atoms with E-state index < -0.39 is 0 Å². The van der Waals surface area contributed by atoms with Gasteiger partial charge in [0.25, 0.3) is 5.56 Å². The molecule has 1 fully saturated rings. The Morgan fingerprint density at radius 1 is 1.44 bits per heavy atom. The third-order valence-electron chi connectivity index (χ3n) is 4.29. The van der Waals surface area contributed by atoms with Crippen LogP contribution in [-0.4, -0.2) is 9.38 Å². The van der Waals surface area contributed by atoms with Crippen LogP contribution in [0.25, 0.3) is 4.96 Å². The lowest BCUT2D eigenvalue weighted by Gasteiger charge is -2.06. The van der Waals surface area contributed by atoms with E-state index in [-0.39, 0.29) is 29.8 Å². The number of ether oxygens (including phenoxy) is 1. The van der Waals surface area contributed by atoms with E-state index in [1.165, 1.54) is 41.7 Å². The number of benzene rings is 1. The van der Waals surface area contributed by atoms with Gasteiger partial charge in [0.2, 0.25) is 0 Å². The smallest absolute Gasteiger partial charge is 0.259 e. The zero-order valence-electron chi connectivity index (χ0n) is 13.4. The van der Waals surface area contributed by atoms with Crippen LogP contribution in [0.4, 0.5) is 4.39 Å². The quantitative estimate of drug-likeness (QED) is 0.719. The zero-order chi connectivity index (χ0) is 17.6. The molecule has 1 aromatic carbocycles. The minimum atomic E-state index is -0.331. The molecular formula is C18H14FN3O2S. The fraction of sp³-hybridized carbons (Fsp3) is 0.278. The Bertz CT molecular complexity index is 1050. The molecule has 2 aromatic heterocycles. The van der Waals surface area contributed by atoms with E-state index in [2.05, 4.69) is 11.1 Å². The summed E-state index contributed by atoms with van der Waals surface area (Å²) in [7, 11) is 0. The summed E-state index contributed by atoms with van der Waals surface area (Å²) in [6.45, 7) is 2.09. The van der Waals surface area contributed by atoms with E-state index in [0.29, 0.717) is 16.4 Å². The molecule has 0 aliphatic heterocycles. The normalized spacial score (nSPS) is 18.9. The van der Waals surface area contributed by atoms with Gasteiger partial charge in [-0.15, -0.1) is 11.3 Å². The number of fused-ring (bicyclic) bond motifs is 1. The first-order chi connectivity index (χ1) is 12.1. The van der Waals surface area contributed by atoms with E-state index in [1.807, 2.05) is 6.92 Å². The first kappa shape index (κ1) is 15.8. The van der Waals surface area contributed by atoms with Gasteiger partial charge in [0.1, 0.15) is 18.2 Å². The molecule has 2 atom stereocenters. The van der Waals surface area contributed by atoms with Crippen LogP contribution in [0.3, 0.4) is 0 Å². The SMILES string of the molecule is Cc1sc2nc(COc3ccc(F)cc3)cc(=O)n2c1[C@H]1C[C@H]1C#N. The lowest BCUT2D eigenvalue weighted by Crippen LogP contribution is -2.17. The lowest BCUT2D eigenvalue weighted by atomic mass is 10.2. The van der Waals surface area contributed by atoms with E-state index in [9.17, 15) is 9.18 Å². The minimum absolute atomic E-state index is 0.00936. The van der Waals surface area contributed by atoms with Crippen molar-refractivity contribution in [2.45, 2.75) is 25.9 Å². The summed E-state index contributed by atoms with van der Waals surface area (Å²) in [5, 5.41) is 9.06. The maximum Gasteiger partial charge on any atom is 0.259 e. The van der Waals surface area contributed by atoms with Crippen LogP contribution >= 0.6 is 11.3 Å². The highest BCUT2D eigenvalue weighted by molar-refractivity contribution is 7.17. The fourth-order valence-electron chi connectivity index (χ4n) is 2.97. The van der Waals surface area contributed by atoms with Gasteiger partial charge in [-0.1, -0.05) is 0 Å². The predicted octanol–water partition coefficient (Wildman–Crippen LogP) is 3.41. The Kier molecular flexibility index (Phi) is 3.77. The molecule has 1 aliphatic rings. The standard InChI is InChI=1S/C18H14FN3O2S/c1-10-17(15-6-11(15)8-20)22-16(23)7-13(21-18(22)25-10)9-24-14-4-2-12(19)3-5-14/h2-5,7,11,15H,6,9H2,1H3/t11-,15-/m0/s1. The first-order valence-corrected chi connectivity index (χ1v) is 8.68. The van der Waals surface area contributed by atoms with E-state index in [1.54, 1.807) is 4.40 Å². The molecule has 7 heteroatoms. The maximum atomic E-state index is 12.9. The van der Waals surface area contributed by atoms with Gasteiger partial charge in [-0.25, -0.2) is 9.37 Å². The summed E-state index contributed by atoms with van der Waals surface area (Å²) in [4.78, 5) is 18.7. The maximum absolute atomic E-state index is 12.9. The molecule has 0 spiro atoms. The van der Waals surface area contributed by atoms with Crippen molar-refractivity contribution >= 4 is 16.3 Å². The number of nitriles is 1. The van der Waals surface area contributed by atoms with Crippen molar-refractivity contribution in [1.82, 2.24) is 9.38 Å². The molecule has 0 radical (unpaired) electrons. The number of hydrogen-bond donors (Lipinski definition) is 0. The summed E-state index contributed by atoms with van der Waals surface area (Å²) in [6, 6.07) is 9.41. The minimum Gasteiger partial charge on any atom is -0.487 e. The van der Waals surface area contributed by atoms with Crippen molar-refractivity contribution in [2.75, 3.05) is 0 Å². The van der Waals surface area contributed by atoms with Crippen LogP contribution in [0.15, 0.2) is 35.1 Å². The number of halogens is 1. The largest absolute Gasteiger partial charge is 0.487 e. The molecule has 0 N–H and O–H groups in total. The number of nitrogens with zero attached hydrogens (tertiary/aromatic N) is 3. The average Bonchev–Trinajstić information content (AvgIpc) is 3.29. The Labute approximate surface area is 146 Å². The van der Waals surface area contributed by atoms with Crippen LogP contribution in [-0.2, 0) is 6.61 Å². The Hall–Kier alpha value is -2.72. The van der Waals surface area contributed by atoms with Gasteiger partial charge in [0.15, 0.2) is 4.96 Å². The van der Waals surface area contributed by atoms with Crippen LogP contribution in [0.2, 0.25) is 0 Å². The highest BCUT2D eigenvalue weighted by Crippen LogP contribution is 2.48. The third kappa shape index (κ3) is 2.89. The van der Waals surface area contributed by atoms with Gasteiger partial charge in [0, 0.05) is 22.6 Å². The number of thiazole rings is 1. The van der Waals surface area contributed by atoms with E-state index in [4.69, 9.17) is 10.00 Å². The second-order valence-electron chi connectivity index (χ2n) is 6.07. The molecule has 25 heavy (non-hydrogen) atoms. The van der Waals surface area contributed by atoms with Crippen molar-refractivity contribution in [3.8, 4) is 11.8 Å². The highest BCUT2D eigenvalue weighted by atomic mass is 32.1. The van der Waals surface area contributed by atoms with Crippen molar-refractivity contribution in [1.29, 1.82) is 5.26 Å². The zero-order valence-corrected chi connectivity index (χ0v) is 14.2. The van der Waals surface area contributed by atoms with Gasteiger partial charge in [-0.05, 0) is 37.6 Å². The topological polar surface area (TPSA) is 67.4 Å². The second kappa shape index (κ2) is 5.97. The van der Waals surface area contributed by atoms with Crippen molar-refractivity contribution < 1.29 is 9.13 Å². The van der Waals surface area contributed by atoms with Gasteiger partial charge < -0.3 is 4.74 Å². The van der Waals surface area contributed by atoms with Gasteiger partial charge in [0.05, 0.1) is 17.7 Å². The molecule has 126 valence electrons. The molecule has 4 rings (SSSR count). The van der Waals surface area contributed by atoms with E-state index >= 15 is 0 Å². The summed E-state index contributed by atoms with van der Waals surface area (Å²) >= 11 is 1.45. The van der Waals surface area contributed by atoms with E-state index in [0.717, 1.165) is 17.0 Å². The molecule has 2 heterocycles. The molecule has 1 saturated carbocycles. The summed E-state index contributed by atoms with van der Waals surface area (Å²) in [6.07, 6.45) is 0.797. The number of rotatable bonds is 4. The monoisotopic (exact) mass is 355 g/mol. The lowest BCUT2D eigenvalue weighted by molar-refractivity contribution is 0.301. The molecule has 1 aliphatic carbocycles. The van der Waals surface area contributed by atoms with Crippen LogP contribution in [0, 0.1) is 30.0 Å². The van der Waals surface area contributed by atoms with Gasteiger partial charge in [-0.2, -0.15) is 5.26 Å². The van der Waals surface area contributed by atoms with Crippen molar-refractivity contribution in [3.63, 3.8) is 0 Å². The van der Waals surface area contributed by atoms with Crippen molar-refractivity contribution in [2.24, 2.45) is 5.92 Å². The van der Waals surface area contributed by atoms with Gasteiger partial charge in [-0.3, -0.25) is 9.20 Å². The number of aromatic nitrogens is 2. The number of hydrogen-bond acceptors (Lipinski definition) is 5. The molecular weight excluding hydrogens is 341 g/mol. The van der Waals surface area contributed by atoms with Crippen molar-refractivity contribution in [3.05, 3.63) is 62.8 Å². The first-order valence-electron chi connectivity index (χ1n) is 7.87. The number of aryl methyl sites for hydroxylation is 1. The third-order valence-corrected chi connectivity index (χ3v) is 5.27. The summed E-state index contributed by atoms with van der Waals surface area (Å²) in [5.41, 5.74) is 1.27.